The van der Waals surface area contributed by atoms with Crippen molar-refractivity contribution in [2.24, 2.45) is 0 Å². The SMILES string of the molecule is C#CC(C)c1ccccc1C(=O)OC. The van der Waals surface area contributed by atoms with Crippen LogP contribution in [0.3, 0.4) is 0 Å². The summed E-state index contributed by atoms with van der Waals surface area (Å²) in [6.45, 7) is 1.88. The molecule has 1 rings (SSSR count). The standard InChI is InChI=1S/C12H12O2/c1-4-9(2)10-7-5-6-8-11(10)12(13)14-3/h1,5-9H,2-3H3. The van der Waals surface area contributed by atoms with Crippen molar-refractivity contribution in [3.05, 3.63) is 35.4 Å². The first-order valence-corrected chi connectivity index (χ1v) is 4.34. The van der Waals surface area contributed by atoms with Gasteiger partial charge in [0.2, 0.25) is 0 Å². The predicted molar refractivity (Wildman–Crippen MR) is 55.0 cm³/mol. The van der Waals surface area contributed by atoms with E-state index >= 15 is 0 Å². The number of ether oxygens (including phenoxy) is 1. The summed E-state index contributed by atoms with van der Waals surface area (Å²) in [5.41, 5.74) is 1.38. The minimum absolute atomic E-state index is 0.0784. The molecule has 1 aromatic rings. The lowest BCUT2D eigenvalue weighted by molar-refractivity contribution is 0.0599. The lowest BCUT2D eigenvalue weighted by Crippen LogP contribution is -2.06. The summed E-state index contributed by atoms with van der Waals surface area (Å²) >= 11 is 0. The molecule has 14 heavy (non-hydrogen) atoms. The van der Waals surface area contributed by atoms with Crippen molar-refractivity contribution in [3.63, 3.8) is 0 Å². The van der Waals surface area contributed by atoms with Crippen LogP contribution in [0.15, 0.2) is 24.3 Å². The number of rotatable bonds is 2. The maximum absolute atomic E-state index is 11.4. The van der Waals surface area contributed by atoms with Crippen molar-refractivity contribution in [1.82, 2.24) is 0 Å². The summed E-state index contributed by atoms with van der Waals surface area (Å²) in [6, 6.07) is 7.21. The van der Waals surface area contributed by atoms with Crippen molar-refractivity contribution in [3.8, 4) is 12.3 Å². The fourth-order valence-corrected chi connectivity index (χ4v) is 1.26. The number of hydrogen-bond donors (Lipinski definition) is 0. The number of terminal acetylenes is 1. The van der Waals surface area contributed by atoms with Gasteiger partial charge in [-0.2, -0.15) is 0 Å². The van der Waals surface area contributed by atoms with E-state index in [-0.39, 0.29) is 11.9 Å². The van der Waals surface area contributed by atoms with Crippen LogP contribution >= 0.6 is 0 Å². The lowest BCUT2D eigenvalue weighted by atomic mass is 9.96. The lowest BCUT2D eigenvalue weighted by Gasteiger charge is -2.09. The Morgan fingerprint density at radius 1 is 1.50 bits per heavy atom. The smallest absolute Gasteiger partial charge is 0.338 e. The number of benzene rings is 1. The van der Waals surface area contributed by atoms with Crippen LogP contribution < -0.4 is 0 Å². The molecule has 0 saturated heterocycles. The van der Waals surface area contributed by atoms with Gasteiger partial charge in [0.15, 0.2) is 0 Å². The van der Waals surface area contributed by atoms with Crippen molar-refractivity contribution < 1.29 is 9.53 Å². The molecule has 0 aliphatic rings. The summed E-state index contributed by atoms with van der Waals surface area (Å²) in [5.74, 6) is 2.17. The van der Waals surface area contributed by atoms with Crippen molar-refractivity contribution in [2.75, 3.05) is 7.11 Å². The van der Waals surface area contributed by atoms with Gasteiger partial charge in [0.1, 0.15) is 0 Å². The number of hydrogen-bond acceptors (Lipinski definition) is 2. The topological polar surface area (TPSA) is 26.3 Å². The first kappa shape index (κ1) is 10.3. The molecule has 0 fully saturated rings. The van der Waals surface area contributed by atoms with Crippen LogP contribution in [0.25, 0.3) is 0 Å². The molecule has 0 saturated carbocycles. The number of carbonyl (C=O) groups excluding carboxylic acids is 1. The van der Waals surface area contributed by atoms with Gasteiger partial charge in [-0.05, 0) is 18.6 Å². The third kappa shape index (κ3) is 1.94. The fraction of sp³-hybridized carbons (Fsp3) is 0.250. The summed E-state index contributed by atoms with van der Waals surface area (Å²) in [7, 11) is 1.36. The largest absolute Gasteiger partial charge is 0.465 e. The predicted octanol–water partition coefficient (Wildman–Crippen LogP) is 2.21. The number of carbonyl (C=O) groups is 1. The molecule has 0 heterocycles. The fourth-order valence-electron chi connectivity index (χ4n) is 1.26. The van der Waals surface area contributed by atoms with Crippen molar-refractivity contribution in [1.29, 1.82) is 0 Å². The van der Waals surface area contributed by atoms with Gasteiger partial charge in [-0.3, -0.25) is 0 Å². The highest BCUT2D eigenvalue weighted by Gasteiger charge is 2.13. The molecule has 0 aliphatic carbocycles. The minimum Gasteiger partial charge on any atom is -0.465 e. The van der Waals surface area contributed by atoms with Crippen molar-refractivity contribution >= 4 is 5.97 Å². The Morgan fingerprint density at radius 2 is 2.14 bits per heavy atom. The highest BCUT2D eigenvalue weighted by Crippen LogP contribution is 2.19. The van der Waals surface area contributed by atoms with Crippen LogP contribution in [-0.2, 0) is 4.74 Å². The quantitative estimate of drug-likeness (QED) is 0.525. The van der Waals surface area contributed by atoms with Crippen molar-refractivity contribution in [2.45, 2.75) is 12.8 Å². The molecule has 0 radical (unpaired) electrons. The first-order valence-electron chi connectivity index (χ1n) is 4.34. The second-order valence-corrected chi connectivity index (χ2v) is 2.97. The summed E-state index contributed by atoms with van der Waals surface area (Å²) in [4.78, 5) is 11.4. The van der Waals surface area contributed by atoms with Gasteiger partial charge in [-0.15, -0.1) is 6.42 Å². The molecule has 1 unspecified atom stereocenters. The minimum atomic E-state index is -0.345. The molecule has 0 bridgehead atoms. The van der Waals surface area contributed by atoms with Crippen LogP contribution in [0.5, 0.6) is 0 Å². The van der Waals surface area contributed by atoms with E-state index in [2.05, 4.69) is 10.7 Å². The first-order chi connectivity index (χ1) is 6.70. The Balaban J connectivity index is 3.17. The van der Waals surface area contributed by atoms with Crippen LogP contribution in [-0.4, -0.2) is 13.1 Å². The highest BCUT2D eigenvalue weighted by atomic mass is 16.5. The second-order valence-electron chi connectivity index (χ2n) is 2.97. The summed E-state index contributed by atoms with van der Waals surface area (Å²) in [5, 5.41) is 0. The van der Waals surface area contributed by atoms with Gasteiger partial charge < -0.3 is 4.74 Å². The Bertz CT molecular complexity index is 374. The molecule has 1 aromatic carbocycles. The van der Waals surface area contributed by atoms with Gasteiger partial charge in [-0.1, -0.05) is 24.1 Å². The van der Waals surface area contributed by atoms with Crippen LogP contribution in [0.4, 0.5) is 0 Å². The second kappa shape index (κ2) is 4.48. The van der Waals surface area contributed by atoms with Gasteiger partial charge in [0.05, 0.1) is 12.7 Å². The van der Waals surface area contributed by atoms with Gasteiger partial charge >= 0.3 is 5.97 Å². The molecule has 0 amide bonds. The molecule has 0 aliphatic heterocycles. The van der Waals surface area contributed by atoms with Crippen LogP contribution in [0.1, 0.15) is 28.8 Å². The van der Waals surface area contributed by atoms with Gasteiger partial charge in [-0.25, -0.2) is 4.79 Å². The van der Waals surface area contributed by atoms with Crippen LogP contribution in [0.2, 0.25) is 0 Å². The molecule has 0 aromatic heterocycles. The third-order valence-corrected chi connectivity index (χ3v) is 2.08. The molecule has 0 N–H and O–H groups in total. The number of methoxy groups -OCH3 is 1. The normalized spacial score (nSPS) is 11.5. The van der Waals surface area contributed by atoms with E-state index in [1.807, 2.05) is 19.1 Å². The van der Waals surface area contributed by atoms with Crippen LogP contribution in [0, 0.1) is 12.3 Å². The zero-order valence-corrected chi connectivity index (χ0v) is 8.28. The Labute approximate surface area is 83.9 Å². The van der Waals surface area contributed by atoms with Gasteiger partial charge in [0, 0.05) is 5.92 Å². The molecular formula is C12H12O2. The molecule has 2 heteroatoms. The average molecular weight is 188 g/mol. The zero-order valence-electron chi connectivity index (χ0n) is 8.28. The van der Waals surface area contributed by atoms with Gasteiger partial charge in [0.25, 0.3) is 0 Å². The summed E-state index contributed by atoms with van der Waals surface area (Å²) < 4.78 is 4.66. The molecule has 72 valence electrons. The monoisotopic (exact) mass is 188 g/mol. The van der Waals surface area contributed by atoms with E-state index in [1.54, 1.807) is 12.1 Å². The number of esters is 1. The Hall–Kier alpha value is -1.75. The molecule has 0 spiro atoms. The van der Waals surface area contributed by atoms with E-state index in [0.29, 0.717) is 5.56 Å². The molecule has 1 atom stereocenters. The average Bonchev–Trinajstić information content (AvgIpc) is 2.27. The molecular weight excluding hydrogens is 176 g/mol. The van der Waals surface area contributed by atoms with E-state index in [1.165, 1.54) is 7.11 Å². The maximum Gasteiger partial charge on any atom is 0.338 e. The van der Waals surface area contributed by atoms with E-state index in [0.717, 1.165) is 5.56 Å². The third-order valence-electron chi connectivity index (χ3n) is 2.08. The summed E-state index contributed by atoms with van der Waals surface area (Å²) in [6.07, 6.45) is 5.31. The van der Waals surface area contributed by atoms with E-state index in [9.17, 15) is 4.79 Å². The highest BCUT2D eigenvalue weighted by molar-refractivity contribution is 5.91. The van der Waals surface area contributed by atoms with E-state index in [4.69, 9.17) is 6.42 Å². The Morgan fingerprint density at radius 3 is 2.71 bits per heavy atom. The maximum atomic E-state index is 11.4. The Kier molecular flexibility index (Phi) is 3.30. The molecule has 2 nitrogen and oxygen atoms in total. The van der Waals surface area contributed by atoms with E-state index < -0.39 is 0 Å². The zero-order chi connectivity index (χ0) is 10.6.